The van der Waals surface area contributed by atoms with Crippen LogP contribution in [0.25, 0.3) is 112 Å². The summed E-state index contributed by atoms with van der Waals surface area (Å²) >= 11 is 0. The van der Waals surface area contributed by atoms with Crippen molar-refractivity contribution < 1.29 is 0 Å². The number of fused-ring (bicyclic) bond motifs is 3. The standard InChI is InChI=1S/C58H38N6/c1-7-19-39(20-8-1)45-35-48(40-21-9-2-10-22-40)55-49(36-45)54(43-31-33-52-50(37-43)59-57(41-23-11-3-12-24-41)63(52)46-27-15-5-16-28-46)61-56(62-55)44-32-34-53-51(38-44)60-58(42-25-13-4-14-26-42)64(53)47-29-17-6-18-30-47/h1-38H. The molecule has 0 aliphatic heterocycles. The molecule has 0 aliphatic rings. The quantitative estimate of drug-likeness (QED) is 0.153. The number of imidazole rings is 2. The van der Waals surface area contributed by atoms with Gasteiger partial charge in [-0.25, -0.2) is 19.9 Å². The first-order valence-corrected chi connectivity index (χ1v) is 21.5. The van der Waals surface area contributed by atoms with Crippen molar-refractivity contribution in [2.24, 2.45) is 0 Å². The van der Waals surface area contributed by atoms with Crippen molar-refractivity contribution in [3.63, 3.8) is 0 Å². The molecule has 0 unspecified atom stereocenters. The highest BCUT2D eigenvalue weighted by Crippen LogP contribution is 2.41. The summed E-state index contributed by atoms with van der Waals surface area (Å²) in [6.07, 6.45) is 0. The largest absolute Gasteiger partial charge is 0.292 e. The number of aromatic nitrogens is 6. The fourth-order valence-electron chi connectivity index (χ4n) is 8.90. The van der Waals surface area contributed by atoms with Crippen LogP contribution in [0.1, 0.15) is 0 Å². The van der Waals surface area contributed by atoms with Crippen LogP contribution in [0, 0.1) is 0 Å². The first kappa shape index (κ1) is 37.1. The fraction of sp³-hybridized carbons (Fsp3) is 0. The van der Waals surface area contributed by atoms with E-state index >= 15 is 0 Å². The van der Waals surface area contributed by atoms with E-state index in [9.17, 15) is 0 Å². The number of benzene rings is 9. The van der Waals surface area contributed by atoms with Gasteiger partial charge in [-0.05, 0) is 83.4 Å². The topological polar surface area (TPSA) is 61.4 Å². The number of nitrogens with zero attached hydrogens (tertiary/aromatic N) is 6. The summed E-state index contributed by atoms with van der Waals surface area (Å²) in [7, 11) is 0. The van der Waals surface area contributed by atoms with E-state index in [2.05, 4.69) is 215 Å². The maximum atomic E-state index is 5.54. The third-order valence-electron chi connectivity index (χ3n) is 11.9. The van der Waals surface area contributed by atoms with Crippen LogP contribution in [0.5, 0.6) is 0 Å². The SMILES string of the molecule is c1ccc(-c2cc(-c3ccccc3)c3nc(-c4ccc5c(c4)nc(-c4ccccc4)n5-c4ccccc4)nc(-c4ccc5c(c4)nc(-c4ccccc4)n5-c4ccccc4)c3c2)cc1. The van der Waals surface area contributed by atoms with E-state index in [0.29, 0.717) is 5.82 Å². The molecular formula is C58H38N6. The van der Waals surface area contributed by atoms with Crippen molar-refractivity contribution in [2.75, 3.05) is 0 Å². The molecule has 64 heavy (non-hydrogen) atoms. The minimum absolute atomic E-state index is 0.615. The van der Waals surface area contributed by atoms with E-state index in [-0.39, 0.29) is 0 Å². The summed E-state index contributed by atoms with van der Waals surface area (Å²) in [6.45, 7) is 0. The molecule has 0 atom stereocenters. The molecule has 6 heteroatoms. The van der Waals surface area contributed by atoms with Crippen LogP contribution in [-0.4, -0.2) is 29.1 Å². The maximum absolute atomic E-state index is 5.54. The molecular weight excluding hydrogens is 781 g/mol. The van der Waals surface area contributed by atoms with Crippen LogP contribution in [0.3, 0.4) is 0 Å². The van der Waals surface area contributed by atoms with Crippen molar-refractivity contribution in [3.8, 4) is 79.0 Å². The van der Waals surface area contributed by atoms with E-state index in [0.717, 1.165) is 106 Å². The van der Waals surface area contributed by atoms with Crippen molar-refractivity contribution in [1.29, 1.82) is 0 Å². The molecule has 0 spiro atoms. The Balaban J connectivity index is 1.12. The van der Waals surface area contributed by atoms with E-state index in [1.54, 1.807) is 0 Å². The third-order valence-corrected chi connectivity index (χ3v) is 11.9. The number of hydrogen-bond donors (Lipinski definition) is 0. The highest BCUT2D eigenvalue weighted by Gasteiger charge is 2.22. The van der Waals surface area contributed by atoms with Crippen LogP contribution in [0.2, 0.25) is 0 Å². The van der Waals surface area contributed by atoms with Gasteiger partial charge >= 0.3 is 0 Å². The molecule has 9 aromatic carbocycles. The zero-order valence-electron chi connectivity index (χ0n) is 34.6. The van der Waals surface area contributed by atoms with E-state index < -0.39 is 0 Å². The summed E-state index contributed by atoms with van der Waals surface area (Å²) < 4.78 is 4.47. The number of rotatable bonds is 8. The summed E-state index contributed by atoms with van der Waals surface area (Å²) in [5.74, 6) is 2.37. The van der Waals surface area contributed by atoms with Crippen molar-refractivity contribution in [1.82, 2.24) is 29.1 Å². The predicted molar refractivity (Wildman–Crippen MR) is 261 cm³/mol. The van der Waals surface area contributed by atoms with Gasteiger partial charge in [0.05, 0.1) is 33.3 Å². The summed E-state index contributed by atoms with van der Waals surface area (Å²) in [5, 5.41) is 0.954. The molecule has 0 amide bonds. The van der Waals surface area contributed by atoms with Crippen LogP contribution in [0.4, 0.5) is 0 Å². The first-order valence-electron chi connectivity index (χ1n) is 21.5. The van der Waals surface area contributed by atoms with Crippen LogP contribution in [0.15, 0.2) is 231 Å². The molecule has 6 nitrogen and oxygen atoms in total. The van der Waals surface area contributed by atoms with Gasteiger partial charge in [0.15, 0.2) is 5.82 Å². The van der Waals surface area contributed by atoms with Crippen LogP contribution in [-0.2, 0) is 0 Å². The lowest BCUT2D eigenvalue weighted by atomic mass is 9.93. The molecule has 0 saturated carbocycles. The molecule has 3 heterocycles. The van der Waals surface area contributed by atoms with E-state index in [4.69, 9.17) is 19.9 Å². The molecule has 0 N–H and O–H groups in total. The smallest absolute Gasteiger partial charge is 0.160 e. The van der Waals surface area contributed by atoms with Crippen LogP contribution < -0.4 is 0 Å². The summed E-state index contributed by atoms with van der Waals surface area (Å²) in [4.78, 5) is 21.7. The first-order chi connectivity index (χ1) is 31.7. The maximum Gasteiger partial charge on any atom is 0.160 e. The second-order valence-electron chi connectivity index (χ2n) is 15.9. The molecule has 0 saturated heterocycles. The van der Waals surface area contributed by atoms with Gasteiger partial charge in [0.2, 0.25) is 0 Å². The van der Waals surface area contributed by atoms with Gasteiger partial charge in [0.25, 0.3) is 0 Å². The zero-order valence-corrected chi connectivity index (χ0v) is 34.6. The lowest BCUT2D eigenvalue weighted by molar-refractivity contribution is 1.10. The Labute approximate surface area is 370 Å². The number of para-hydroxylation sites is 2. The highest BCUT2D eigenvalue weighted by molar-refractivity contribution is 6.05. The summed E-state index contributed by atoms with van der Waals surface area (Å²) in [6, 6.07) is 80.1. The normalized spacial score (nSPS) is 11.4. The molecule has 0 bridgehead atoms. The van der Waals surface area contributed by atoms with Gasteiger partial charge in [0.1, 0.15) is 11.6 Å². The van der Waals surface area contributed by atoms with Gasteiger partial charge in [-0.1, -0.05) is 164 Å². The highest BCUT2D eigenvalue weighted by atomic mass is 15.1. The van der Waals surface area contributed by atoms with E-state index in [1.165, 1.54) is 0 Å². The zero-order chi connectivity index (χ0) is 42.4. The molecule has 12 rings (SSSR count). The van der Waals surface area contributed by atoms with Crippen molar-refractivity contribution >= 4 is 33.0 Å². The lowest BCUT2D eigenvalue weighted by Gasteiger charge is -2.16. The second kappa shape index (κ2) is 15.6. The number of hydrogen-bond acceptors (Lipinski definition) is 4. The van der Waals surface area contributed by atoms with Gasteiger partial charge in [-0.15, -0.1) is 0 Å². The summed E-state index contributed by atoms with van der Waals surface area (Å²) in [5.41, 5.74) is 15.7. The molecule has 0 fully saturated rings. The molecule has 0 aliphatic carbocycles. The Kier molecular flexibility index (Phi) is 9.05. The monoisotopic (exact) mass is 818 g/mol. The fourth-order valence-corrected chi connectivity index (χ4v) is 8.90. The Morgan fingerprint density at radius 3 is 1.25 bits per heavy atom. The lowest BCUT2D eigenvalue weighted by Crippen LogP contribution is -1.99. The average molecular weight is 819 g/mol. The van der Waals surface area contributed by atoms with Gasteiger partial charge < -0.3 is 0 Å². The van der Waals surface area contributed by atoms with Gasteiger partial charge in [-0.2, -0.15) is 0 Å². The Morgan fingerprint density at radius 2 is 0.734 bits per heavy atom. The molecule has 0 radical (unpaired) electrons. The Morgan fingerprint density at radius 1 is 0.297 bits per heavy atom. The van der Waals surface area contributed by atoms with E-state index in [1.807, 2.05) is 24.3 Å². The Hall–Kier alpha value is -8.74. The average Bonchev–Trinajstić information content (AvgIpc) is 3.96. The third kappa shape index (κ3) is 6.53. The van der Waals surface area contributed by atoms with Crippen LogP contribution >= 0.6 is 0 Å². The minimum Gasteiger partial charge on any atom is -0.292 e. The Bertz CT molecular complexity index is 3620. The van der Waals surface area contributed by atoms with Crippen molar-refractivity contribution in [2.45, 2.75) is 0 Å². The minimum atomic E-state index is 0.615. The molecule has 12 aromatic rings. The second-order valence-corrected chi connectivity index (χ2v) is 15.9. The molecule has 300 valence electrons. The van der Waals surface area contributed by atoms with Gasteiger partial charge in [0, 0.05) is 44.6 Å². The molecule has 3 aromatic heterocycles. The van der Waals surface area contributed by atoms with Crippen molar-refractivity contribution in [3.05, 3.63) is 231 Å². The predicted octanol–water partition coefficient (Wildman–Crippen LogP) is 14.3. The van der Waals surface area contributed by atoms with Gasteiger partial charge in [-0.3, -0.25) is 9.13 Å².